The molecule has 0 bridgehead atoms. The van der Waals surface area contributed by atoms with Gasteiger partial charge in [0.15, 0.2) is 0 Å². The third-order valence-electron chi connectivity index (χ3n) is 8.66. The van der Waals surface area contributed by atoms with Gasteiger partial charge < -0.3 is 24.5 Å². The van der Waals surface area contributed by atoms with Crippen molar-refractivity contribution in [2.45, 2.75) is 0 Å². The average Bonchev–Trinajstić information content (AvgIpc) is 3.76. The minimum Gasteiger partial charge on any atom is -0.457 e. The fourth-order valence-electron chi connectivity index (χ4n) is 6.02. The van der Waals surface area contributed by atoms with Crippen LogP contribution in [0.15, 0.2) is 84.9 Å². The zero-order chi connectivity index (χ0) is 31.7. The molecular formula is C36H34N8OS2. The van der Waals surface area contributed by atoms with Gasteiger partial charge in [-0.25, -0.2) is 9.97 Å². The summed E-state index contributed by atoms with van der Waals surface area (Å²) in [4.78, 5) is 20.8. The number of rotatable bonds is 6. The molecule has 47 heavy (non-hydrogen) atoms. The molecule has 0 atom stereocenters. The van der Waals surface area contributed by atoms with Gasteiger partial charge in [0.25, 0.3) is 0 Å². The third-order valence-corrected chi connectivity index (χ3v) is 10.5. The molecule has 0 amide bonds. The molecule has 9 nitrogen and oxygen atoms in total. The molecule has 8 rings (SSSR count). The van der Waals surface area contributed by atoms with E-state index in [1.807, 2.05) is 108 Å². The van der Waals surface area contributed by atoms with Gasteiger partial charge >= 0.3 is 0 Å². The first-order valence-electron chi connectivity index (χ1n) is 15.8. The van der Waals surface area contributed by atoms with Gasteiger partial charge in [-0.15, -0.1) is 0 Å². The Morgan fingerprint density at radius 3 is 1.38 bits per heavy atom. The van der Waals surface area contributed by atoms with E-state index in [-0.39, 0.29) is 0 Å². The van der Waals surface area contributed by atoms with Crippen molar-refractivity contribution in [2.24, 2.45) is 0 Å². The van der Waals surface area contributed by atoms with Gasteiger partial charge in [-0.2, -0.15) is 23.5 Å². The van der Waals surface area contributed by atoms with E-state index < -0.39 is 0 Å². The van der Waals surface area contributed by atoms with Crippen LogP contribution in [0.4, 0.5) is 0 Å². The Morgan fingerprint density at radius 2 is 0.979 bits per heavy atom. The lowest BCUT2D eigenvalue weighted by Gasteiger charge is -2.28. The Bertz CT molecular complexity index is 1930. The number of hydrogen-bond acceptors (Lipinski definition) is 7. The molecule has 2 aliphatic rings. The molecule has 2 fully saturated rings. The highest BCUT2D eigenvalue weighted by Crippen LogP contribution is 2.29. The molecular weight excluding hydrogens is 625 g/mol. The number of fused-ring (bicyclic) bond motifs is 2. The van der Waals surface area contributed by atoms with Crippen LogP contribution in [0.5, 0.6) is 11.5 Å². The van der Waals surface area contributed by atoms with Crippen molar-refractivity contribution in [1.82, 2.24) is 29.7 Å². The van der Waals surface area contributed by atoms with E-state index in [2.05, 4.69) is 19.8 Å². The van der Waals surface area contributed by atoms with Crippen LogP contribution in [0.1, 0.15) is 11.1 Å². The van der Waals surface area contributed by atoms with Crippen molar-refractivity contribution in [3.63, 3.8) is 0 Å². The topological polar surface area (TPSA) is 121 Å². The van der Waals surface area contributed by atoms with Crippen LogP contribution in [0.3, 0.4) is 0 Å². The lowest BCUT2D eigenvalue weighted by atomic mass is 10.1. The Kier molecular flexibility index (Phi) is 8.08. The molecule has 236 valence electrons. The summed E-state index contributed by atoms with van der Waals surface area (Å²) in [6.45, 7) is 3.68. The first-order valence-corrected chi connectivity index (χ1v) is 18.1. The number of aromatic nitrogens is 4. The van der Waals surface area contributed by atoms with E-state index in [0.717, 1.165) is 117 Å². The van der Waals surface area contributed by atoms with Crippen LogP contribution < -0.4 is 4.74 Å². The van der Waals surface area contributed by atoms with Gasteiger partial charge in [0.2, 0.25) is 0 Å². The SMILES string of the molecule is N=C(c1ccc2nc(-c3ccc(Oc4ccc(-c5nc6ccc(C(=N)N7CCSCC7)cc6[nH]5)cc4)cc3)[nH]c2c1)N1CCSCC1. The molecule has 2 saturated heterocycles. The fourth-order valence-corrected chi connectivity index (χ4v) is 7.83. The van der Waals surface area contributed by atoms with E-state index >= 15 is 0 Å². The van der Waals surface area contributed by atoms with E-state index in [0.29, 0.717) is 11.7 Å². The lowest BCUT2D eigenvalue weighted by molar-refractivity contribution is 0.461. The van der Waals surface area contributed by atoms with Crippen molar-refractivity contribution in [3.05, 3.63) is 96.1 Å². The summed E-state index contributed by atoms with van der Waals surface area (Å²) in [5, 5.41) is 17.3. The molecule has 4 N–H and O–H groups in total. The number of nitrogens with zero attached hydrogens (tertiary/aromatic N) is 4. The lowest BCUT2D eigenvalue weighted by Crippen LogP contribution is -2.37. The van der Waals surface area contributed by atoms with E-state index in [4.69, 9.17) is 25.5 Å². The third kappa shape index (κ3) is 6.20. The molecule has 2 aliphatic heterocycles. The van der Waals surface area contributed by atoms with Gasteiger partial charge in [-0.3, -0.25) is 10.8 Å². The smallest absolute Gasteiger partial charge is 0.138 e. The fraction of sp³-hybridized carbons (Fsp3) is 0.222. The number of amidine groups is 2. The maximum atomic E-state index is 8.67. The van der Waals surface area contributed by atoms with Gasteiger partial charge in [-0.05, 0) is 84.9 Å². The summed E-state index contributed by atoms with van der Waals surface area (Å²) in [7, 11) is 0. The molecule has 4 aromatic carbocycles. The van der Waals surface area contributed by atoms with Crippen LogP contribution in [0.25, 0.3) is 44.8 Å². The standard InChI is InChI=1S/C36H34N8OS2/c37-33(43-13-17-46-18-14-43)25-5-11-29-31(21-25)41-35(39-29)23-1-7-27(8-2-23)45-28-9-3-24(4-10-28)36-40-30-12-6-26(22-32(30)42-36)34(38)44-15-19-47-20-16-44/h1-12,21-22,37-38H,13-20H2,(H,39,41)(H,40,42). The summed E-state index contributed by atoms with van der Waals surface area (Å²) < 4.78 is 6.16. The second-order valence-corrected chi connectivity index (χ2v) is 14.1. The highest BCUT2D eigenvalue weighted by atomic mass is 32.2. The van der Waals surface area contributed by atoms with E-state index in [9.17, 15) is 0 Å². The van der Waals surface area contributed by atoms with Crippen molar-refractivity contribution in [2.75, 3.05) is 49.2 Å². The first-order chi connectivity index (χ1) is 23.1. The molecule has 11 heteroatoms. The number of hydrogen-bond donors (Lipinski definition) is 4. The highest BCUT2D eigenvalue weighted by Gasteiger charge is 2.18. The summed E-state index contributed by atoms with van der Waals surface area (Å²) in [6, 6.07) is 27.8. The zero-order valence-electron chi connectivity index (χ0n) is 25.8. The maximum Gasteiger partial charge on any atom is 0.138 e. The van der Waals surface area contributed by atoms with Crippen LogP contribution in [0.2, 0.25) is 0 Å². The van der Waals surface area contributed by atoms with Gasteiger partial charge in [0, 0.05) is 71.4 Å². The van der Waals surface area contributed by atoms with Crippen molar-refractivity contribution < 1.29 is 4.74 Å². The number of benzene rings is 4. The van der Waals surface area contributed by atoms with Crippen LogP contribution in [-0.4, -0.2) is 90.6 Å². The minimum absolute atomic E-state index is 0.578. The molecule has 0 radical (unpaired) electrons. The molecule has 4 heterocycles. The second kappa shape index (κ2) is 12.8. The second-order valence-electron chi connectivity index (χ2n) is 11.7. The molecule has 0 unspecified atom stereocenters. The number of H-pyrrole nitrogens is 2. The molecule has 2 aromatic heterocycles. The number of ether oxygens (including phenoxy) is 1. The molecule has 6 aromatic rings. The average molecular weight is 659 g/mol. The quantitative estimate of drug-likeness (QED) is 0.109. The number of thioether (sulfide) groups is 2. The summed E-state index contributed by atoms with van der Waals surface area (Å²) >= 11 is 3.89. The maximum absolute atomic E-state index is 8.67. The Labute approximate surface area is 281 Å². The Hall–Kier alpha value is -4.74. The zero-order valence-corrected chi connectivity index (χ0v) is 27.4. The summed E-state index contributed by atoms with van der Waals surface area (Å²) in [5.74, 6) is 8.48. The van der Waals surface area contributed by atoms with Gasteiger partial charge in [0.05, 0.1) is 22.1 Å². The highest BCUT2D eigenvalue weighted by molar-refractivity contribution is 7.99. The van der Waals surface area contributed by atoms with E-state index in [1.54, 1.807) is 0 Å². The van der Waals surface area contributed by atoms with E-state index in [1.165, 1.54) is 0 Å². The number of nitrogens with one attached hydrogen (secondary N) is 4. The molecule has 0 saturated carbocycles. The van der Waals surface area contributed by atoms with Crippen molar-refractivity contribution >= 4 is 57.3 Å². The van der Waals surface area contributed by atoms with Gasteiger partial charge in [-0.1, -0.05) is 0 Å². The monoisotopic (exact) mass is 658 g/mol. The predicted molar refractivity (Wildman–Crippen MR) is 195 cm³/mol. The molecule has 0 aliphatic carbocycles. The number of aromatic amines is 2. The van der Waals surface area contributed by atoms with Crippen molar-refractivity contribution in [1.29, 1.82) is 10.8 Å². The largest absolute Gasteiger partial charge is 0.457 e. The first kappa shape index (κ1) is 29.6. The van der Waals surface area contributed by atoms with Crippen LogP contribution in [-0.2, 0) is 0 Å². The van der Waals surface area contributed by atoms with Gasteiger partial charge in [0.1, 0.15) is 34.8 Å². The normalized spacial score (nSPS) is 15.3. The Balaban J connectivity index is 0.932. The van der Waals surface area contributed by atoms with Crippen molar-refractivity contribution in [3.8, 4) is 34.3 Å². The number of imidazole rings is 2. The summed E-state index contributed by atoms with van der Waals surface area (Å²) in [6.07, 6.45) is 0. The molecule has 0 spiro atoms. The minimum atomic E-state index is 0.578. The van der Waals surface area contributed by atoms with Crippen LogP contribution >= 0.6 is 23.5 Å². The summed E-state index contributed by atoms with van der Waals surface area (Å²) in [5.41, 5.74) is 7.36. The Morgan fingerprint density at radius 1 is 0.574 bits per heavy atom. The predicted octanol–water partition coefficient (Wildman–Crippen LogP) is 7.31. The van der Waals surface area contributed by atoms with Crippen LogP contribution in [0, 0.1) is 10.8 Å².